The standard InChI is InChI=1S/C19H28N4O/c1-2-3-10-20-12-14-4-7-17(8-5-14)22-19(24)15-6-9-18-16(11-15)13-21-23-18/h6,9,11,13-14,17,20H,2-5,7-8,10,12H2,1H3,(H,21,23)(H,22,24). The maximum atomic E-state index is 12.4. The molecule has 130 valence electrons. The number of carbonyl (C=O) groups is 1. The van der Waals surface area contributed by atoms with Crippen LogP contribution in [0.2, 0.25) is 0 Å². The van der Waals surface area contributed by atoms with Crippen LogP contribution < -0.4 is 10.6 Å². The van der Waals surface area contributed by atoms with Gasteiger partial charge in [0.05, 0.1) is 11.7 Å². The summed E-state index contributed by atoms with van der Waals surface area (Å²) in [7, 11) is 0. The van der Waals surface area contributed by atoms with Gasteiger partial charge in [-0.05, 0) is 69.3 Å². The topological polar surface area (TPSA) is 69.8 Å². The molecule has 0 spiro atoms. The van der Waals surface area contributed by atoms with Crippen molar-refractivity contribution in [3.05, 3.63) is 30.0 Å². The second-order valence-corrected chi connectivity index (χ2v) is 6.92. The lowest BCUT2D eigenvalue weighted by Crippen LogP contribution is -2.39. The molecule has 1 aromatic carbocycles. The Hall–Kier alpha value is -1.88. The molecule has 1 aliphatic carbocycles. The number of unbranched alkanes of at least 4 members (excludes halogenated alkanes) is 1. The number of hydrogen-bond acceptors (Lipinski definition) is 3. The summed E-state index contributed by atoms with van der Waals surface area (Å²) in [5, 5.41) is 14.6. The lowest BCUT2D eigenvalue weighted by atomic mass is 9.86. The fraction of sp³-hybridized carbons (Fsp3) is 0.579. The van der Waals surface area contributed by atoms with Gasteiger partial charge >= 0.3 is 0 Å². The van der Waals surface area contributed by atoms with E-state index in [1.165, 1.54) is 25.7 Å². The molecular formula is C19H28N4O. The van der Waals surface area contributed by atoms with E-state index in [1.807, 2.05) is 18.2 Å². The summed E-state index contributed by atoms with van der Waals surface area (Å²) in [6.45, 7) is 4.47. The van der Waals surface area contributed by atoms with Crippen LogP contribution in [0, 0.1) is 5.92 Å². The maximum Gasteiger partial charge on any atom is 0.251 e. The van der Waals surface area contributed by atoms with Crippen molar-refractivity contribution in [3.63, 3.8) is 0 Å². The molecule has 1 aliphatic rings. The van der Waals surface area contributed by atoms with Gasteiger partial charge in [-0.2, -0.15) is 5.10 Å². The van der Waals surface area contributed by atoms with Crippen molar-refractivity contribution >= 4 is 16.8 Å². The normalized spacial score (nSPS) is 21.0. The molecule has 1 saturated carbocycles. The van der Waals surface area contributed by atoms with Crippen LogP contribution in [0.3, 0.4) is 0 Å². The molecule has 5 heteroatoms. The highest BCUT2D eigenvalue weighted by molar-refractivity contribution is 5.97. The highest BCUT2D eigenvalue weighted by atomic mass is 16.1. The molecule has 3 rings (SSSR count). The lowest BCUT2D eigenvalue weighted by Gasteiger charge is -2.29. The molecule has 0 atom stereocenters. The molecule has 5 nitrogen and oxygen atoms in total. The molecule has 24 heavy (non-hydrogen) atoms. The van der Waals surface area contributed by atoms with E-state index in [9.17, 15) is 4.79 Å². The minimum absolute atomic E-state index is 0.0302. The largest absolute Gasteiger partial charge is 0.349 e. The Morgan fingerprint density at radius 3 is 2.92 bits per heavy atom. The zero-order valence-electron chi connectivity index (χ0n) is 14.5. The van der Waals surface area contributed by atoms with Crippen molar-refractivity contribution in [2.24, 2.45) is 5.92 Å². The molecule has 0 radical (unpaired) electrons. The summed E-state index contributed by atoms with van der Waals surface area (Å²) in [6, 6.07) is 5.98. The zero-order valence-corrected chi connectivity index (χ0v) is 14.5. The zero-order chi connectivity index (χ0) is 16.8. The van der Waals surface area contributed by atoms with Gasteiger partial charge in [-0.1, -0.05) is 13.3 Å². The first-order valence-electron chi connectivity index (χ1n) is 9.21. The number of aromatic nitrogens is 2. The summed E-state index contributed by atoms with van der Waals surface area (Å²) < 4.78 is 0. The number of benzene rings is 1. The predicted octanol–water partition coefficient (Wildman–Crippen LogP) is 3.24. The van der Waals surface area contributed by atoms with E-state index in [0.717, 1.165) is 42.8 Å². The lowest BCUT2D eigenvalue weighted by molar-refractivity contribution is 0.0922. The highest BCUT2D eigenvalue weighted by Gasteiger charge is 2.22. The van der Waals surface area contributed by atoms with Crippen LogP contribution >= 0.6 is 0 Å². The average Bonchev–Trinajstić information content (AvgIpc) is 3.08. The summed E-state index contributed by atoms with van der Waals surface area (Å²) in [5.74, 6) is 0.792. The Kier molecular flexibility index (Phi) is 5.86. The minimum atomic E-state index is 0.0302. The number of hydrogen-bond donors (Lipinski definition) is 3. The monoisotopic (exact) mass is 328 g/mol. The average molecular weight is 328 g/mol. The Bertz CT molecular complexity index is 658. The van der Waals surface area contributed by atoms with Gasteiger partial charge < -0.3 is 10.6 Å². The van der Waals surface area contributed by atoms with Gasteiger partial charge in [-0.25, -0.2) is 0 Å². The van der Waals surface area contributed by atoms with Crippen LogP contribution in [-0.2, 0) is 0 Å². The number of H-pyrrole nitrogens is 1. The molecule has 1 amide bonds. The highest BCUT2D eigenvalue weighted by Crippen LogP contribution is 2.24. The Morgan fingerprint density at radius 2 is 2.12 bits per heavy atom. The summed E-state index contributed by atoms with van der Waals surface area (Å²) >= 11 is 0. The SMILES string of the molecule is CCCCNCC1CCC(NC(=O)c2ccc3[nH]ncc3c2)CC1. The van der Waals surface area contributed by atoms with Crippen LogP contribution in [0.15, 0.2) is 24.4 Å². The molecule has 1 fully saturated rings. The van der Waals surface area contributed by atoms with Gasteiger partial charge in [-0.15, -0.1) is 0 Å². The van der Waals surface area contributed by atoms with Gasteiger partial charge in [0.25, 0.3) is 5.91 Å². The van der Waals surface area contributed by atoms with Crippen molar-refractivity contribution in [1.29, 1.82) is 0 Å². The fourth-order valence-electron chi connectivity index (χ4n) is 3.47. The van der Waals surface area contributed by atoms with E-state index in [1.54, 1.807) is 6.20 Å². The summed E-state index contributed by atoms with van der Waals surface area (Å²) in [6.07, 6.45) is 8.82. The van der Waals surface area contributed by atoms with Gasteiger partial charge in [0.15, 0.2) is 0 Å². The van der Waals surface area contributed by atoms with E-state index < -0.39 is 0 Å². The molecule has 1 aromatic heterocycles. The van der Waals surface area contributed by atoms with Crippen LogP contribution in [0.5, 0.6) is 0 Å². The summed E-state index contributed by atoms with van der Waals surface area (Å²) in [4.78, 5) is 12.4. The second kappa shape index (κ2) is 8.29. The van der Waals surface area contributed by atoms with Crippen LogP contribution in [-0.4, -0.2) is 35.2 Å². The number of rotatable bonds is 7. The molecule has 0 unspecified atom stereocenters. The van der Waals surface area contributed by atoms with Crippen molar-refractivity contribution in [3.8, 4) is 0 Å². The van der Waals surface area contributed by atoms with Gasteiger partial charge in [0.1, 0.15) is 0 Å². The molecule has 3 N–H and O–H groups in total. The van der Waals surface area contributed by atoms with Crippen molar-refractivity contribution in [2.45, 2.75) is 51.5 Å². The third kappa shape index (κ3) is 4.35. The van der Waals surface area contributed by atoms with Crippen molar-refractivity contribution < 1.29 is 4.79 Å². The van der Waals surface area contributed by atoms with E-state index in [0.29, 0.717) is 11.6 Å². The smallest absolute Gasteiger partial charge is 0.251 e. The quantitative estimate of drug-likeness (QED) is 0.683. The van der Waals surface area contributed by atoms with E-state index in [4.69, 9.17) is 0 Å². The van der Waals surface area contributed by atoms with Crippen LogP contribution in [0.25, 0.3) is 10.9 Å². The maximum absolute atomic E-state index is 12.4. The number of nitrogens with one attached hydrogen (secondary N) is 3. The van der Waals surface area contributed by atoms with Crippen LogP contribution in [0.4, 0.5) is 0 Å². The number of amides is 1. The minimum Gasteiger partial charge on any atom is -0.349 e. The van der Waals surface area contributed by atoms with Gasteiger partial charge in [0, 0.05) is 17.0 Å². The number of aromatic amines is 1. The third-order valence-corrected chi connectivity index (χ3v) is 5.02. The van der Waals surface area contributed by atoms with E-state index >= 15 is 0 Å². The Labute approximate surface area is 143 Å². The molecular weight excluding hydrogens is 300 g/mol. The first kappa shape index (κ1) is 17.0. The van der Waals surface area contributed by atoms with Gasteiger partial charge in [-0.3, -0.25) is 9.89 Å². The fourth-order valence-corrected chi connectivity index (χ4v) is 3.47. The molecule has 1 heterocycles. The number of nitrogens with zero attached hydrogens (tertiary/aromatic N) is 1. The Balaban J connectivity index is 1.44. The summed E-state index contributed by atoms with van der Waals surface area (Å²) in [5.41, 5.74) is 1.68. The second-order valence-electron chi connectivity index (χ2n) is 6.92. The predicted molar refractivity (Wildman–Crippen MR) is 97.1 cm³/mol. The molecule has 0 bridgehead atoms. The van der Waals surface area contributed by atoms with Gasteiger partial charge in [0.2, 0.25) is 0 Å². The Morgan fingerprint density at radius 1 is 1.29 bits per heavy atom. The molecule has 0 aliphatic heterocycles. The first-order valence-corrected chi connectivity index (χ1v) is 9.21. The van der Waals surface area contributed by atoms with Crippen molar-refractivity contribution in [2.75, 3.05) is 13.1 Å². The molecule has 0 saturated heterocycles. The van der Waals surface area contributed by atoms with Crippen molar-refractivity contribution in [1.82, 2.24) is 20.8 Å². The third-order valence-electron chi connectivity index (χ3n) is 5.02. The number of carbonyl (C=O) groups excluding carboxylic acids is 1. The van der Waals surface area contributed by atoms with Crippen LogP contribution in [0.1, 0.15) is 55.8 Å². The van der Waals surface area contributed by atoms with E-state index in [-0.39, 0.29) is 5.91 Å². The molecule has 2 aromatic rings. The first-order chi connectivity index (χ1) is 11.8. The van der Waals surface area contributed by atoms with E-state index in [2.05, 4.69) is 27.8 Å². The number of fused-ring (bicyclic) bond motifs is 1.